The molecule has 0 atom stereocenters. The molecule has 0 bridgehead atoms. The van der Waals surface area contributed by atoms with Crippen molar-refractivity contribution in [3.8, 4) is 16.9 Å². The quantitative estimate of drug-likeness (QED) is 0.618. The molecule has 0 unspecified atom stereocenters. The lowest BCUT2D eigenvalue weighted by atomic mass is 9.91. The van der Waals surface area contributed by atoms with Crippen LogP contribution in [0.5, 0.6) is 5.75 Å². The number of halogens is 1. The van der Waals surface area contributed by atoms with Crippen molar-refractivity contribution in [2.45, 2.75) is 19.5 Å². The van der Waals surface area contributed by atoms with Crippen molar-refractivity contribution >= 4 is 12.4 Å². The van der Waals surface area contributed by atoms with E-state index >= 15 is 0 Å². The number of methoxy groups -OCH3 is 1. The average Bonchev–Trinajstić information content (AvgIpc) is 2.68. The summed E-state index contributed by atoms with van der Waals surface area (Å²) in [4.78, 5) is 2.54. The molecule has 3 heteroatoms. The van der Waals surface area contributed by atoms with Gasteiger partial charge in [-0.3, -0.25) is 4.90 Å². The van der Waals surface area contributed by atoms with E-state index in [0.29, 0.717) is 0 Å². The molecule has 0 saturated heterocycles. The van der Waals surface area contributed by atoms with Gasteiger partial charge in [0, 0.05) is 19.6 Å². The lowest BCUT2D eigenvalue weighted by Gasteiger charge is -2.30. The molecule has 3 aromatic carbocycles. The zero-order valence-electron chi connectivity index (χ0n) is 15.0. The summed E-state index contributed by atoms with van der Waals surface area (Å²) in [5.41, 5.74) is 6.87. The van der Waals surface area contributed by atoms with E-state index in [4.69, 9.17) is 4.74 Å². The Hall–Kier alpha value is -2.29. The van der Waals surface area contributed by atoms with E-state index in [2.05, 4.69) is 71.6 Å². The Labute approximate surface area is 161 Å². The molecule has 0 fully saturated rings. The molecule has 26 heavy (non-hydrogen) atoms. The Morgan fingerprint density at radius 2 is 1.73 bits per heavy atom. The molecule has 0 aromatic heterocycles. The first kappa shape index (κ1) is 18.5. The van der Waals surface area contributed by atoms with Gasteiger partial charge in [-0.2, -0.15) is 0 Å². The molecule has 1 aliphatic rings. The van der Waals surface area contributed by atoms with E-state index in [1.165, 1.54) is 27.8 Å². The summed E-state index contributed by atoms with van der Waals surface area (Å²) in [5, 5.41) is 0. The zero-order valence-corrected chi connectivity index (χ0v) is 15.8. The van der Waals surface area contributed by atoms with Crippen LogP contribution >= 0.6 is 12.4 Å². The third-order valence-corrected chi connectivity index (χ3v) is 4.98. The highest BCUT2D eigenvalue weighted by atomic mass is 35.5. The zero-order chi connectivity index (χ0) is 17.1. The number of fused-ring (bicyclic) bond motifs is 1. The Kier molecular flexibility index (Phi) is 5.97. The minimum absolute atomic E-state index is 0. The maximum atomic E-state index is 5.41. The highest BCUT2D eigenvalue weighted by Gasteiger charge is 2.19. The van der Waals surface area contributed by atoms with Crippen LogP contribution in [0.3, 0.4) is 0 Å². The van der Waals surface area contributed by atoms with E-state index in [1.807, 2.05) is 6.07 Å². The summed E-state index contributed by atoms with van der Waals surface area (Å²) in [6, 6.07) is 25.8. The first-order valence-electron chi connectivity index (χ1n) is 8.85. The van der Waals surface area contributed by atoms with E-state index in [-0.39, 0.29) is 12.4 Å². The van der Waals surface area contributed by atoms with E-state index < -0.39 is 0 Å². The van der Waals surface area contributed by atoms with Gasteiger partial charge in [0.25, 0.3) is 0 Å². The number of hydrogen-bond acceptors (Lipinski definition) is 2. The summed E-state index contributed by atoms with van der Waals surface area (Å²) in [6.07, 6.45) is 1.11. The highest BCUT2D eigenvalue weighted by Crippen LogP contribution is 2.32. The van der Waals surface area contributed by atoms with Gasteiger partial charge in [-0.15, -0.1) is 12.4 Å². The Morgan fingerprint density at radius 3 is 2.54 bits per heavy atom. The van der Waals surface area contributed by atoms with Crippen LogP contribution in [0.25, 0.3) is 11.1 Å². The van der Waals surface area contributed by atoms with Crippen molar-refractivity contribution in [3.05, 3.63) is 89.5 Å². The molecule has 0 saturated carbocycles. The van der Waals surface area contributed by atoms with Crippen molar-refractivity contribution in [1.29, 1.82) is 0 Å². The standard InChI is InChI=1S/C23H23NO.ClH/c1-25-21-11-5-10-20(15-21)22-12-6-9-19-13-14-24(17-23(19)22)16-18-7-3-2-4-8-18;/h2-12,15H,13-14,16-17H2,1H3;1H. The van der Waals surface area contributed by atoms with E-state index in [9.17, 15) is 0 Å². The lowest BCUT2D eigenvalue weighted by molar-refractivity contribution is 0.246. The van der Waals surface area contributed by atoms with Gasteiger partial charge >= 0.3 is 0 Å². The summed E-state index contributed by atoms with van der Waals surface area (Å²) in [7, 11) is 1.72. The van der Waals surface area contributed by atoms with Crippen molar-refractivity contribution < 1.29 is 4.74 Å². The summed E-state index contributed by atoms with van der Waals surface area (Å²) in [6.45, 7) is 3.12. The van der Waals surface area contributed by atoms with Gasteiger partial charge in [-0.05, 0) is 46.4 Å². The Balaban J connectivity index is 0.00000196. The maximum absolute atomic E-state index is 5.41. The molecule has 0 N–H and O–H groups in total. The average molecular weight is 366 g/mol. The van der Waals surface area contributed by atoms with Crippen LogP contribution in [0.4, 0.5) is 0 Å². The first-order chi connectivity index (χ1) is 12.3. The smallest absolute Gasteiger partial charge is 0.119 e. The third-order valence-electron chi connectivity index (χ3n) is 4.98. The number of hydrogen-bond donors (Lipinski definition) is 0. The van der Waals surface area contributed by atoms with Crippen LogP contribution in [0.2, 0.25) is 0 Å². The molecule has 3 aromatic rings. The minimum atomic E-state index is 0. The normalized spacial score (nSPS) is 13.6. The van der Waals surface area contributed by atoms with Gasteiger partial charge in [0.05, 0.1) is 7.11 Å². The second kappa shape index (κ2) is 8.39. The van der Waals surface area contributed by atoms with Crippen molar-refractivity contribution in [2.75, 3.05) is 13.7 Å². The molecule has 0 aliphatic carbocycles. The number of benzene rings is 3. The molecular weight excluding hydrogens is 342 g/mol. The molecule has 0 amide bonds. The fourth-order valence-corrected chi connectivity index (χ4v) is 3.67. The molecule has 1 aliphatic heterocycles. The van der Waals surface area contributed by atoms with Crippen molar-refractivity contribution in [1.82, 2.24) is 4.90 Å². The molecule has 0 spiro atoms. The summed E-state index contributed by atoms with van der Waals surface area (Å²) < 4.78 is 5.41. The van der Waals surface area contributed by atoms with Crippen LogP contribution < -0.4 is 4.74 Å². The van der Waals surface area contributed by atoms with E-state index in [0.717, 1.165) is 31.8 Å². The molecule has 2 nitrogen and oxygen atoms in total. The molecule has 0 radical (unpaired) electrons. The van der Waals surface area contributed by atoms with Gasteiger partial charge < -0.3 is 4.74 Å². The van der Waals surface area contributed by atoms with Crippen LogP contribution in [-0.2, 0) is 19.5 Å². The van der Waals surface area contributed by atoms with Gasteiger partial charge in [-0.25, -0.2) is 0 Å². The lowest BCUT2D eigenvalue weighted by Crippen LogP contribution is -2.30. The molecule has 134 valence electrons. The molecular formula is C23H24ClNO. The monoisotopic (exact) mass is 365 g/mol. The number of ether oxygens (including phenoxy) is 1. The second-order valence-corrected chi connectivity index (χ2v) is 6.62. The minimum Gasteiger partial charge on any atom is -0.497 e. The Morgan fingerprint density at radius 1 is 0.923 bits per heavy atom. The second-order valence-electron chi connectivity index (χ2n) is 6.62. The molecule has 1 heterocycles. The SMILES string of the molecule is COc1cccc(-c2cccc3c2CN(Cc2ccccc2)CC3)c1.Cl. The fraction of sp³-hybridized carbons (Fsp3) is 0.217. The molecule has 4 rings (SSSR count). The van der Waals surface area contributed by atoms with Crippen molar-refractivity contribution in [3.63, 3.8) is 0 Å². The van der Waals surface area contributed by atoms with E-state index in [1.54, 1.807) is 7.11 Å². The number of rotatable bonds is 4. The predicted molar refractivity (Wildman–Crippen MR) is 110 cm³/mol. The van der Waals surface area contributed by atoms with Crippen LogP contribution in [-0.4, -0.2) is 18.6 Å². The topological polar surface area (TPSA) is 12.5 Å². The van der Waals surface area contributed by atoms with Crippen LogP contribution in [0.1, 0.15) is 16.7 Å². The Bertz CT molecular complexity index is 863. The highest BCUT2D eigenvalue weighted by molar-refractivity contribution is 5.85. The van der Waals surface area contributed by atoms with Gasteiger partial charge in [0.1, 0.15) is 5.75 Å². The van der Waals surface area contributed by atoms with Crippen molar-refractivity contribution in [2.24, 2.45) is 0 Å². The maximum Gasteiger partial charge on any atom is 0.119 e. The number of nitrogens with zero attached hydrogens (tertiary/aromatic N) is 1. The third kappa shape index (κ3) is 3.92. The predicted octanol–water partition coefficient (Wildman–Crippen LogP) is 5.34. The van der Waals surface area contributed by atoms with Gasteiger partial charge in [0.2, 0.25) is 0 Å². The van der Waals surface area contributed by atoms with Gasteiger partial charge in [0.15, 0.2) is 0 Å². The van der Waals surface area contributed by atoms with Crippen LogP contribution in [0.15, 0.2) is 72.8 Å². The fourth-order valence-electron chi connectivity index (χ4n) is 3.67. The summed E-state index contributed by atoms with van der Waals surface area (Å²) in [5.74, 6) is 0.909. The first-order valence-corrected chi connectivity index (χ1v) is 8.85. The largest absolute Gasteiger partial charge is 0.497 e. The summed E-state index contributed by atoms with van der Waals surface area (Å²) >= 11 is 0. The van der Waals surface area contributed by atoms with Crippen LogP contribution in [0, 0.1) is 0 Å². The van der Waals surface area contributed by atoms with Gasteiger partial charge in [-0.1, -0.05) is 60.7 Å².